The Hall–Kier alpha value is -0.740. The maximum absolute atomic E-state index is 12.0. The van der Waals surface area contributed by atoms with Crippen LogP contribution in [0.2, 0.25) is 0 Å². The maximum Gasteiger partial charge on any atom is 0.167 e. The molecule has 0 N–H and O–H groups in total. The molecular weight excluding hydrogens is 220 g/mol. The van der Waals surface area contributed by atoms with E-state index in [1.54, 1.807) is 41.5 Å². The zero-order valence-electron chi connectivity index (χ0n) is 11.4. The quantitative estimate of drug-likeness (QED) is 0.756. The van der Waals surface area contributed by atoms with Crippen molar-refractivity contribution in [3.63, 3.8) is 0 Å². The molecule has 1 rings (SSSR count). The smallest absolute Gasteiger partial charge is 0.167 e. The molecule has 0 radical (unpaired) electrons. The first-order valence-corrected chi connectivity index (χ1v) is 6.09. The van der Waals surface area contributed by atoms with Gasteiger partial charge in [0.05, 0.1) is 0 Å². The molecule has 1 fully saturated rings. The van der Waals surface area contributed by atoms with Crippen LogP contribution in [0, 0.1) is 11.8 Å². The number of Topliss-reactive ketones (excluding diaryl/α,β-unsaturated/α-hetero) is 2. The van der Waals surface area contributed by atoms with Crippen molar-refractivity contribution in [3.05, 3.63) is 0 Å². The summed E-state index contributed by atoms with van der Waals surface area (Å²) in [6.07, 6.45) is -1.53. The molecule has 1 aliphatic rings. The summed E-state index contributed by atoms with van der Waals surface area (Å²) in [6.45, 7) is 10.6. The number of rotatable bonds is 4. The van der Waals surface area contributed by atoms with Crippen molar-refractivity contribution < 1.29 is 19.1 Å². The van der Waals surface area contributed by atoms with Crippen LogP contribution in [0.5, 0.6) is 0 Å². The summed E-state index contributed by atoms with van der Waals surface area (Å²) < 4.78 is 11.1. The minimum Gasteiger partial charge on any atom is -0.336 e. The fourth-order valence-electron chi connectivity index (χ4n) is 1.83. The molecule has 98 valence electrons. The maximum atomic E-state index is 12.0. The van der Waals surface area contributed by atoms with Crippen molar-refractivity contribution in [2.45, 2.75) is 59.5 Å². The van der Waals surface area contributed by atoms with Gasteiger partial charge in [-0.2, -0.15) is 0 Å². The van der Waals surface area contributed by atoms with Crippen LogP contribution in [0.15, 0.2) is 0 Å². The van der Waals surface area contributed by atoms with Crippen LogP contribution in [-0.2, 0) is 19.1 Å². The summed E-state index contributed by atoms with van der Waals surface area (Å²) in [6, 6.07) is 0. The third-order valence-corrected chi connectivity index (χ3v) is 2.80. The molecule has 4 heteroatoms. The van der Waals surface area contributed by atoms with Gasteiger partial charge in [0, 0.05) is 11.8 Å². The van der Waals surface area contributed by atoms with Crippen molar-refractivity contribution in [2.24, 2.45) is 11.8 Å². The van der Waals surface area contributed by atoms with E-state index in [1.165, 1.54) is 0 Å². The highest BCUT2D eigenvalue weighted by Crippen LogP contribution is 2.31. The van der Waals surface area contributed by atoms with Crippen LogP contribution in [0.3, 0.4) is 0 Å². The second kappa shape index (κ2) is 4.86. The van der Waals surface area contributed by atoms with Crippen molar-refractivity contribution in [1.82, 2.24) is 0 Å². The largest absolute Gasteiger partial charge is 0.336 e. The van der Waals surface area contributed by atoms with Crippen LogP contribution in [0.4, 0.5) is 0 Å². The molecule has 2 atom stereocenters. The summed E-state index contributed by atoms with van der Waals surface area (Å²) >= 11 is 0. The van der Waals surface area contributed by atoms with E-state index in [0.29, 0.717) is 0 Å². The van der Waals surface area contributed by atoms with Gasteiger partial charge in [-0.05, 0) is 13.8 Å². The van der Waals surface area contributed by atoms with E-state index in [0.717, 1.165) is 0 Å². The highest BCUT2D eigenvalue weighted by molar-refractivity contribution is 5.95. The molecule has 0 unspecified atom stereocenters. The monoisotopic (exact) mass is 242 g/mol. The van der Waals surface area contributed by atoms with Gasteiger partial charge in [-0.1, -0.05) is 27.7 Å². The number of hydrogen-bond acceptors (Lipinski definition) is 4. The Bertz CT molecular complexity index is 287. The van der Waals surface area contributed by atoms with E-state index in [4.69, 9.17) is 9.47 Å². The zero-order chi connectivity index (χ0) is 13.4. The van der Waals surface area contributed by atoms with E-state index < -0.39 is 18.0 Å². The highest BCUT2D eigenvalue weighted by atomic mass is 16.8. The van der Waals surface area contributed by atoms with E-state index in [2.05, 4.69) is 0 Å². The van der Waals surface area contributed by atoms with Crippen LogP contribution in [-0.4, -0.2) is 29.6 Å². The first-order chi connectivity index (χ1) is 7.65. The molecule has 1 heterocycles. The van der Waals surface area contributed by atoms with Gasteiger partial charge in [0.25, 0.3) is 0 Å². The van der Waals surface area contributed by atoms with E-state index in [1.807, 2.05) is 0 Å². The van der Waals surface area contributed by atoms with Gasteiger partial charge in [0.15, 0.2) is 29.6 Å². The average molecular weight is 242 g/mol. The minimum atomic E-state index is -0.871. The number of carbonyl (C=O) groups excluding carboxylic acids is 2. The molecular formula is C13H22O4. The molecule has 1 saturated heterocycles. The fourth-order valence-corrected chi connectivity index (χ4v) is 1.83. The van der Waals surface area contributed by atoms with Crippen LogP contribution in [0.25, 0.3) is 0 Å². The number of carbonyl (C=O) groups is 2. The number of ether oxygens (including phenoxy) is 2. The molecule has 0 spiro atoms. The van der Waals surface area contributed by atoms with Gasteiger partial charge in [-0.25, -0.2) is 0 Å². The molecule has 0 amide bonds. The van der Waals surface area contributed by atoms with Crippen molar-refractivity contribution in [1.29, 1.82) is 0 Å². The Labute approximate surface area is 103 Å². The first kappa shape index (κ1) is 14.3. The second-order valence-corrected chi connectivity index (χ2v) is 5.59. The lowest BCUT2D eigenvalue weighted by molar-refractivity contribution is -0.159. The Balaban J connectivity index is 2.93. The van der Waals surface area contributed by atoms with Gasteiger partial charge >= 0.3 is 0 Å². The lowest BCUT2D eigenvalue weighted by atomic mass is 9.94. The fraction of sp³-hybridized carbons (Fsp3) is 0.846. The Kier molecular flexibility index (Phi) is 4.10. The first-order valence-electron chi connectivity index (χ1n) is 6.09. The lowest BCUT2D eigenvalue weighted by Crippen LogP contribution is -2.41. The lowest BCUT2D eigenvalue weighted by Gasteiger charge is -2.17. The SMILES string of the molecule is CC(C)C(=O)[C@@H]1OC(C)(C)O[C@H]1C(=O)C(C)C. The Morgan fingerprint density at radius 3 is 1.41 bits per heavy atom. The van der Waals surface area contributed by atoms with Gasteiger partial charge in [0.1, 0.15) is 0 Å². The zero-order valence-corrected chi connectivity index (χ0v) is 11.4. The molecule has 0 aromatic heterocycles. The predicted octanol–water partition coefficient (Wildman–Crippen LogP) is 1.96. The summed E-state index contributed by atoms with van der Waals surface area (Å²) in [7, 11) is 0. The highest BCUT2D eigenvalue weighted by Gasteiger charge is 2.49. The number of ketones is 2. The van der Waals surface area contributed by atoms with Crippen LogP contribution >= 0.6 is 0 Å². The van der Waals surface area contributed by atoms with Crippen LogP contribution < -0.4 is 0 Å². The second-order valence-electron chi connectivity index (χ2n) is 5.59. The van der Waals surface area contributed by atoms with Crippen molar-refractivity contribution in [3.8, 4) is 0 Å². The summed E-state index contributed by atoms with van der Waals surface area (Å²) in [5.41, 5.74) is 0. The summed E-state index contributed by atoms with van der Waals surface area (Å²) in [5.74, 6) is -1.35. The molecule has 0 bridgehead atoms. The van der Waals surface area contributed by atoms with Crippen molar-refractivity contribution >= 4 is 11.6 Å². The molecule has 0 aromatic rings. The van der Waals surface area contributed by atoms with Crippen molar-refractivity contribution in [2.75, 3.05) is 0 Å². The van der Waals surface area contributed by atoms with Gasteiger partial charge in [-0.3, -0.25) is 9.59 Å². The van der Waals surface area contributed by atoms with Gasteiger partial charge in [0.2, 0.25) is 0 Å². The van der Waals surface area contributed by atoms with Gasteiger partial charge < -0.3 is 9.47 Å². The van der Waals surface area contributed by atoms with E-state index >= 15 is 0 Å². The molecule has 0 aliphatic carbocycles. The average Bonchev–Trinajstić information content (AvgIpc) is 2.51. The topological polar surface area (TPSA) is 52.6 Å². The number of hydrogen-bond donors (Lipinski definition) is 0. The molecule has 17 heavy (non-hydrogen) atoms. The predicted molar refractivity (Wildman–Crippen MR) is 63.5 cm³/mol. The van der Waals surface area contributed by atoms with Gasteiger partial charge in [-0.15, -0.1) is 0 Å². The molecule has 0 aromatic carbocycles. The standard InChI is InChI=1S/C13H22O4/c1-7(2)9(14)11-12(10(15)8(3)4)17-13(5,6)16-11/h7-8,11-12H,1-6H3/t11-,12-/m0/s1. The van der Waals surface area contributed by atoms with E-state index in [9.17, 15) is 9.59 Å². The molecule has 1 aliphatic heterocycles. The van der Waals surface area contributed by atoms with Crippen LogP contribution in [0.1, 0.15) is 41.5 Å². The minimum absolute atomic E-state index is 0.0745. The Morgan fingerprint density at radius 1 is 0.882 bits per heavy atom. The Morgan fingerprint density at radius 2 is 1.18 bits per heavy atom. The third kappa shape index (κ3) is 3.13. The summed E-state index contributed by atoms with van der Waals surface area (Å²) in [4.78, 5) is 24.0. The normalized spacial score (nSPS) is 27.8. The molecule has 0 saturated carbocycles. The summed E-state index contributed by atoms with van der Waals surface area (Å²) in [5, 5.41) is 0. The molecule has 4 nitrogen and oxygen atoms in total. The third-order valence-electron chi connectivity index (χ3n) is 2.80. The van der Waals surface area contributed by atoms with E-state index in [-0.39, 0.29) is 23.4 Å².